The predicted octanol–water partition coefficient (Wildman–Crippen LogP) is 2.04. The van der Waals surface area contributed by atoms with Crippen LogP contribution in [0.5, 0.6) is 5.75 Å². The molecule has 1 heterocycles. The Balaban J connectivity index is 2.53. The molecular formula is C12H13N3O. The van der Waals surface area contributed by atoms with Crippen molar-refractivity contribution in [1.82, 2.24) is 9.97 Å². The summed E-state index contributed by atoms with van der Waals surface area (Å²) >= 11 is 0. The van der Waals surface area contributed by atoms with Gasteiger partial charge in [0.05, 0.1) is 24.7 Å². The maximum Gasteiger partial charge on any atom is 0.126 e. The molecule has 0 amide bonds. The van der Waals surface area contributed by atoms with Gasteiger partial charge in [-0.3, -0.25) is 0 Å². The first-order chi connectivity index (χ1) is 7.70. The Morgan fingerprint density at radius 1 is 1.31 bits per heavy atom. The van der Waals surface area contributed by atoms with Crippen LogP contribution in [0.15, 0.2) is 30.5 Å². The van der Waals surface area contributed by atoms with Gasteiger partial charge in [-0.15, -0.1) is 0 Å². The molecule has 2 rings (SSSR count). The lowest BCUT2D eigenvalue weighted by molar-refractivity contribution is 0.415. The van der Waals surface area contributed by atoms with Crippen molar-refractivity contribution in [2.24, 2.45) is 0 Å². The second-order valence-corrected chi connectivity index (χ2v) is 3.45. The Bertz CT molecular complexity index is 511. The number of aromatic nitrogens is 2. The molecule has 0 spiro atoms. The number of nitrogen functional groups attached to an aromatic ring is 1. The normalized spacial score (nSPS) is 10.1. The number of methoxy groups -OCH3 is 1. The Morgan fingerprint density at radius 2 is 2.12 bits per heavy atom. The van der Waals surface area contributed by atoms with Crippen LogP contribution in [0.25, 0.3) is 11.3 Å². The molecule has 0 atom stereocenters. The molecule has 0 aliphatic rings. The van der Waals surface area contributed by atoms with Crippen molar-refractivity contribution in [1.29, 1.82) is 0 Å². The van der Waals surface area contributed by atoms with Crippen molar-refractivity contribution in [2.45, 2.75) is 6.92 Å². The van der Waals surface area contributed by atoms with Crippen LogP contribution in [0, 0.1) is 6.92 Å². The highest BCUT2D eigenvalue weighted by Gasteiger charge is 2.06. The van der Waals surface area contributed by atoms with E-state index in [1.54, 1.807) is 13.3 Å². The smallest absolute Gasteiger partial charge is 0.126 e. The molecule has 0 bridgehead atoms. The first kappa shape index (κ1) is 10.4. The van der Waals surface area contributed by atoms with Gasteiger partial charge in [0.25, 0.3) is 0 Å². The number of aryl methyl sites for hydroxylation is 1. The maximum absolute atomic E-state index is 5.85. The molecule has 0 unspecified atom stereocenters. The first-order valence-electron chi connectivity index (χ1n) is 4.94. The number of nitrogens with two attached hydrogens (primary N) is 1. The highest BCUT2D eigenvalue weighted by molar-refractivity contribution is 5.72. The van der Waals surface area contributed by atoms with Crippen molar-refractivity contribution >= 4 is 5.69 Å². The molecule has 1 aromatic carbocycles. The standard InChI is InChI=1S/C12H13N3O/c1-8-14-7-11(13)12(15-8)9-4-3-5-10(6-9)16-2/h3-7H,13H2,1-2H3. The predicted molar refractivity (Wildman–Crippen MR) is 63.2 cm³/mol. The van der Waals surface area contributed by atoms with Crippen molar-refractivity contribution in [3.8, 4) is 17.0 Å². The number of anilines is 1. The molecule has 0 aliphatic carbocycles. The van der Waals surface area contributed by atoms with Gasteiger partial charge in [-0.1, -0.05) is 12.1 Å². The highest BCUT2D eigenvalue weighted by Crippen LogP contribution is 2.26. The van der Waals surface area contributed by atoms with Crippen LogP contribution in [-0.2, 0) is 0 Å². The Kier molecular flexibility index (Phi) is 2.72. The summed E-state index contributed by atoms with van der Waals surface area (Å²) in [6.07, 6.45) is 1.62. The van der Waals surface area contributed by atoms with E-state index < -0.39 is 0 Å². The van der Waals surface area contributed by atoms with Gasteiger partial charge in [0, 0.05) is 5.56 Å². The fourth-order valence-corrected chi connectivity index (χ4v) is 1.48. The summed E-state index contributed by atoms with van der Waals surface area (Å²) in [4.78, 5) is 8.37. The van der Waals surface area contributed by atoms with Crippen LogP contribution in [0.3, 0.4) is 0 Å². The zero-order valence-electron chi connectivity index (χ0n) is 9.27. The van der Waals surface area contributed by atoms with Crippen LogP contribution < -0.4 is 10.5 Å². The number of nitrogens with zero attached hydrogens (tertiary/aromatic N) is 2. The van der Waals surface area contributed by atoms with Gasteiger partial charge < -0.3 is 10.5 Å². The van der Waals surface area contributed by atoms with Gasteiger partial charge in [0.15, 0.2) is 0 Å². The summed E-state index contributed by atoms with van der Waals surface area (Å²) in [5.41, 5.74) is 8.09. The molecule has 4 heteroatoms. The third kappa shape index (κ3) is 1.95. The van der Waals surface area contributed by atoms with Gasteiger partial charge >= 0.3 is 0 Å². The van der Waals surface area contributed by atoms with Gasteiger partial charge in [-0.05, 0) is 19.1 Å². The quantitative estimate of drug-likeness (QED) is 0.832. The van der Waals surface area contributed by atoms with Crippen LogP contribution in [-0.4, -0.2) is 17.1 Å². The number of ether oxygens (including phenoxy) is 1. The van der Waals surface area contributed by atoms with Crippen LogP contribution in [0.2, 0.25) is 0 Å². The van der Waals surface area contributed by atoms with E-state index in [1.165, 1.54) is 0 Å². The van der Waals surface area contributed by atoms with Crippen LogP contribution >= 0.6 is 0 Å². The van der Waals surface area contributed by atoms with E-state index >= 15 is 0 Å². The molecule has 0 aliphatic heterocycles. The number of hydrogen-bond acceptors (Lipinski definition) is 4. The third-order valence-corrected chi connectivity index (χ3v) is 2.28. The summed E-state index contributed by atoms with van der Waals surface area (Å²) in [6, 6.07) is 7.64. The molecule has 0 radical (unpaired) electrons. The van der Waals surface area contributed by atoms with Crippen molar-refractivity contribution in [3.63, 3.8) is 0 Å². The SMILES string of the molecule is COc1cccc(-c2nc(C)ncc2N)c1. The first-order valence-corrected chi connectivity index (χ1v) is 4.94. The summed E-state index contributed by atoms with van der Waals surface area (Å²) in [7, 11) is 1.63. The summed E-state index contributed by atoms with van der Waals surface area (Å²) in [5.74, 6) is 1.49. The summed E-state index contributed by atoms with van der Waals surface area (Å²) < 4.78 is 5.16. The molecule has 0 saturated carbocycles. The fraction of sp³-hybridized carbons (Fsp3) is 0.167. The zero-order chi connectivity index (χ0) is 11.5. The van der Waals surface area contributed by atoms with E-state index in [0.717, 1.165) is 17.0 Å². The van der Waals surface area contributed by atoms with E-state index in [1.807, 2.05) is 31.2 Å². The zero-order valence-corrected chi connectivity index (χ0v) is 9.27. The number of hydrogen-bond donors (Lipinski definition) is 1. The second-order valence-electron chi connectivity index (χ2n) is 3.45. The molecule has 0 fully saturated rings. The fourth-order valence-electron chi connectivity index (χ4n) is 1.48. The topological polar surface area (TPSA) is 61.0 Å². The number of rotatable bonds is 2. The second kappa shape index (κ2) is 4.18. The maximum atomic E-state index is 5.85. The van der Waals surface area contributed by atoms with Gasteiger partial charge in [-0.25, -0.2) is 9.97 Å². The minimum Gasteiger partial charge on any atom is -0.497 e. The Labute approximate surface area is 94.1 Å². The number of benzene rings is 1. The molecule has 0 saturated heterocycles. The lowest BCUT2D eigenvalue weighted by atomic mass is 10.1. The Morgan fingerprint density at radius 3 is 2.88 bits per heavy atom. The third-order valence-electron chi connectivity index (χ3n) is 2.28. The molecule has 82 valence electrons. The monoisotopic (exact) mass is 215 g/mol. The lowest BCUT2D eigenvalue weighted by Crippen LogP contribution is -1.97. The highest BCUT2D eigenvalue weighted by atomic mass is 16.5. The van der Waals surface area contributed by atoms with E-state index in [2.05, 4.69) is 9.97 Å². The van der Waals surface area contributed by atoms with E-state index in [0.29, 0.717) is 11.5 Å². The van der Waals surface area contributed by atoms with E-state index in [4.69, 9.17) is 10.5 Å². The van der Waals surface area contributed by atoms with Crippen LogP contribution in [0.1, 0.15) is 5.82 Å². The summed E-state index contributed by atoms with van der Waals surface area (Å²) in [6.45, 7) is 1.84. The van der Waals surface area contributed by atoms with Gasteiger partial charge in [0.1, 0.15) is 11.6 Å². The van der Waals surface area contributed by atoms with Crippen molar-refractivity contribution in [3.05, 3.63) is 36.3 Å². The molecule has 4 nitrogen and oxygen atoms in total. The largest absolute Gasteiger partial charge is 0.497 e. The molecule has 16 heavy (non-hydrogen) atoms. The van der Waals surface area contributed by atoms with Crippen molar-refractivity contribution < 1.29 is 4.74 Å². The van der Waals surface area contributed by atoms with Gasteiger partial charge in [-0.2, -0.15) is 0 Å². The van der Waals surface area contributed by atoms with E-state index in [9.17, 15) is 0 Å². The minimum atomic E-state index is 0.568. The van der Waals surface area contributed by atoms with E-state index in [-0.39, 0.29) is 0 Å². The Hall–Kier alpha value is -2.10. The summed E-state index contributed by atoms with van der Waals surface area (Å²) in [5, 5.41) is 0. The lowest BCUT2D eigenvalue weighted by Gasteiger charge is -2.06. The van der Waals surface area contributed by atoms with Crippen LogP contribution in [0.4, 0.5) is 5.69 Å². The minimum absolute atomic E-state index is 0.568. The average Bonchev–Trinajstić information content (AvgIpc) is 2.32. The molecule has 2 aromatic rings. The van der Waals surface area contributed by atoms with Crippen molar-refractivity contribution in [2.75, 3.05) is 12.8 Å². The molecule has 1 aromatic heterocycles. The van der Waals surface area contributed by atoms with Gasteiger partial charge in [0.2, 0.25) is 0 Å². The average molecular weight is 215 g/mol. The molecular weight excluding hydrogens is 202 g/mol. The molecule has 2 N–H and O–H groups in total.